The van der Waals surface area contributed by atoms with Crippen LogP contribution in [0.4, 0.5) is 0 Å². The van der Waals surface area contributed by atoms with Gasteiger partial charge in [0.1, 0.15) is 0 Å². The van der Waals surface area contributed by atoms with Crippen molar-refractivity contribution in [3.8, 4) is 0 Å². The first-order chi connectivity index (χ1) is 10.6. The minimum Gasteiger partial charge on any atom is -0.345 e. The number of piperazine rings is 1. The molecule has 1 aliphatic heterocycles. The Balaban J connectivity index is 1.86. The summed E-state index contributed by atoms with van der Waals surface area (Å²) in [5.74, 6) is 0.212. The summed E-state index contributed by atoms with van der Waals surface area (Å²) in [4.78, 5) is 15.0. The van der Waals surface area contributed by atoms with Crippen molar-refractivity contribution in [2.24, 2.45) is 0 Å². The van der Waals surface area contributed by atoms with Crippen LogP contribution < -0.4 is 5.32 Å². The van der Waals surface area contributed by atoms with Crippen molar-refractivity contribution < 1.29 is 4.79 Å². The fourth-order valence-corrected chi connectivity index (χ4v) is 4.19. The largest absolute Gasteiger partial charge is 0.345 e. The van der Waals surface area contributed by atoms with Crippen LogP contribution >= 0.6 is 0 Å². The van der Waals surface area contributed by atoms with Crippen molar-refractivity contribution in [3.63, 3.8) is 0 Å². The first kappa shape index (κ1) is 15.6. The van der Waals surface area contributed by atoms with Gasteiger partial charge in [0, 0.05) is 43.1 Å². The van der Waals surface area contributed by atoms with Crippen molar-refractivity contribution in [3.05, 3.63) is 23.0 Å². The third kappa shape index (κ3) is 2.81. The number of rotatable bonds is 2. The van der Waals surface area contributed by atoms with E-state index in [0.717, 1.165) is 25.2 Å². The molecule has 1 saturated heterocycles. The van der Waals surface area contributed by atoms with Crippen LogP contribution in [0.5, 0.6) is 0 Å². The van der Waals surface area contributed by atoms with Gasteiger partial charge in [0.2, 0.25) is 0 Å². The van der Waals surface area contributed by atoms with Crippen molar-refractivity contribution in [2.45, 2.75) is 65.0 Å². The number of aryl methyl sites for hydroxylation is 1. The summed E-state index contributed by atoms with van der Waals surface area (Å²) in [5.41, 5.74) is 3.33. The predicted molar refractivity (Wildman–Crippen MR) is 89.4 cm³/mol. The summed E-state index contributed by atoms with van der Waals surface area (Å²) >= 11 is 0. The molecule has 2 heterocycles. The highest BCUT2D eigenvalue weighted by atomic mass is 16.2. The summed E-state index contributed by atoms with van der Waals surface area (Å²) in [6, 6.07) is 2.98. The SMILES string of the molecule is Cc1cc(C(=O)N2CCNC[C@@H]2C)c(C)n1C1CCCCC1. The van der Waals surface area contributed by atoms with E-state index in [9.17, 15) is 4.79 Å². The third-order valence-electron chi connectivity index (χ3n) is 5.42. The normalized spacial score (nSPS) is 23.8. The maximum Gasteiger partial charge on any atom is 0.256 e. The zero-order valence-corrected chi connectivity index (χ0v) is 14.2. The van der Waals surface area contributed by atoms with Crippen LogP contribution in [-0.4, -0.2) is 41.1 Å². The molecule has 1 atom stereocenters. The molecule has 0 radical (unpaired) electrons. The monoisotopic (exact) mass is 303 g/mol. The van der Waals surface area contributed by atoms with E-state index < -0.39 is 0 Å². The van der Waals surface area contributed by atoms with E-state index in [1.54, 1.807) is 0 Å². The second-order valence-electron chi connectivity index (χ2n) is 7.00. The molecular formula is C18H29N3O. The molecule has 4 heteroatoms. The Morgan fingerprint density at radius 3 is 2.64 bits per heavy atom. The highest BCUT2D eigenvalue weighted by molar-refractivity contribution is 5.96. The summed E-state index contributed by atoms with van der Waals surface area (Å²) in [5, 5.41) is 3.35. The lowest BCUT2D eigenvalue weighted by Gasteiger charge is -2.34. The molecule has 1 aromatic rings. The second kappa shape index (κ2) is 6.45. The maximum absolute atomic E-state index is 13.0. The number of nitrogens with one attached hydrogen (secondary N) is 1. The van der Waals surface area contributed by atoms with Crippen molar-refractivity contribution in [1.82, 2.24) is 14.8 Å². The van der Waals surface area contributed by atoms with E-state index in [1.807, 2.05) is 4.90 Å². The van der Waals surface area contributed by atoms with E-state index in [2.05, 4.69) is 36.7 Å². The molecule has 1 N–H and O–H groups in total. The Morgan fingerprint density at radius 2 is 1.95 bits per heavy atom. The fraction of sp³-hybridized carbons (Fsp3) is 0.722. The molecule has 1 amide bonds. The first-order valence-electron chi connectivity index (χ1n) is 8.79. The molecule has 0 bridgehead atoms. The molecule has 0 aromatic carbocycles. The second-order valence-corrected chi connectivity index (χ2v) is 7.00. The van der Waals surface area contributed by atoms with Crippen LogP contribution in [0.3, 0.4) is 0 Å². The number of carbonyl (C=O) groups is 1. The van der Waals surface area contributed by atoms with Gasteiger partial charge in [-0.05, 0) is 39.7 Å². The van der Waals surface area contributed by atoms with Gasteiger partial charge in [0.05, 0.1) is 5.56 Å². The van der Waals surface area contributed by atoms with Gasteiger partial charge in [-0.3, -0.25) is 4.79 Å². The number of aromatic nitrogens is 1. The van der Waals surface area contributed by atoms with Crippen LogP contribution in [0.25, 0.3) is 0 Å². The highest BCUT2D eigenvalue weighted by Crippen LogP contribution is 2.32. The molecule has 0 unspecified atom stereocenters. The Bertz CT molecular complexity index is 543. The number of carbonyl (C=O) groups excluding carboxylic acids is 1. The summed E-state index contributed by atoms with van der Waals surface area (Å²) in [6.07, 6.45) is 6.52. The van der Waals surface area contributed by atoms with Gasteiger partial charge in [0.25, 0.3) is 5.91 Å². The standard InChI is InChI=1S/C18H29N3O/c1-13-11-17(18(22)20-10-9-19-12-14(20)2)15(3)21(13)16-7-5-4-6-8-16/h11,14,16,19H,4-10,12H2,1-3H3/t14-/m0/s1. The first-order valence-corrected chi connectivity index (χ1v) is 8.79. The van der Waals surface area contributed by atoms with Crippen LogP contribution in [0.15, 0.2) is 6.07 Å². The third-order valence-corrected chi connectivity index (χ3v) is 5.42. The molecule has 1 aromatic heterocycles. The van der Waals surface area contributed by atoms with Gasteiger partial charge in [-0.15, -0.1) is 0 Å². The topological polar surface area (TPSA) is 37.3 Å². The maximum atomic E-state index is 13.0. The minimum atomic E-state index is 0.212. The molecule has 3 rings (SSSR count). The fourth-order valence-electron chi connectivity index (χ4n) is 4.19. The molecule has 22 heavy (non-hydrogen) atoms. The number of hydrogen-bond acceptors (Lipinski definition) is 2. The van der Waals surface area contributed by atoms with Gasteiger partial charge in [-0.2, -0.15) is 0 Å². The lowest BCUT2D eigenvalue weighted by molar-refractivity contribution is 0.0654. The van der Waals surface area contributed by atoms with Gasteiger partial charge in [-0.1, -0.05) is 19.3 Å². The van der Waals surface area contributed by atoms with E-state index in [1.165, 1.54) is 43.5 Å². The van der Waals surface area contributed by atoms with Crippen LogP contribution in [0.2, 0.25) is 0 Å². The molecule has 0 spiro atoms. The molecule has 2 fully saturated rings. The summed E-state index contributed by atoms with van der Waals surface area (Å²) in [6.45, 7) is 9.02. The predicted octanol–water partition coefficient (Wildman–Crippen LogP) is 3.04. The van der Waals surface area contributed by atoms with Crippen molar-refractivity contribution in [2.75, 3.05) is 19.6 Å². The van der Waals surface area contributed by atoms with Crippen LogP contribution in [-0.2, 0) is 0 Å². The number of amides is 1. The number of hydrogen-bond donors (Lipinski definition) is 1. The van der Waals surface area contributed by atoms with Gasteiger partial charge >= 0.3 is 0 Å². The highest BCUT2D eigenvalue weighted by Gasteiger charge is 2.28. The van der Waals surface area contributed by atoms with Gasteiger partial charge < -0.3 is 14.8 Å². The Labute approximate surface area is 133 Å². The Kier molecular flexibility index (Phi) is 4.57. The molecule has 1 saturated carbocycles. The zero-order valence-electron chi connectivity index (χ0n) is 14.2. The lowest BCUT2D eigenvalue weighted by atomic mass is 9.95. The van der Waals surface area contributed by atoms with Crippen LogP contribution in [0, 0.1) is 13.8 Å². The van der Waals surface area contributed by atoms with Crippen LogP contribution in [0.1, 0.15) is 66.8 Å². The van der Waals surface area contributed by atoms with Crippen molar-refractivity contribution >= 4 is 5.91 Å². The smallest absolute Gasteiger partial charge is 0.256 e. The molecule has 4 nitrogen and oxygen atoms in total. The number of nitrogens with zero attached hydrogens (tertiary/aromatic N) is 2. The average Bonchev–Trinajstić information content (AvgIpc) is 2.83. The van der Waals surface area contributed by atoms with E-state index in [-0.39, 0.29) is 11.9 Å². The summed E-state index contributed by atoms with van der Waals surface area (Å²) < 4.78 is 2.43. The van der Waals surface area contributed by atoms with E-state index >= 15 is 0 Å². The molecule has 1 aliphatic carbocycles. The average molecular weight is 303 g/mol. The Morgan fingerprint density at radius 1 is 1.23 bits per heavy atom. The molecule has 122 valence electrons. The Hall–Kier alpha value is -1.29. The summed E-state index contributed by atoms with van der Waals surface area (Å²) in [7, 11) is 0. The molecular weight excluding hydrogens is 274 g/mol. The lowest BCUT2D eigenvalue weighted by Crippen LogP contribution is -2.52. The van der Waals surface area contributed by atoms with Gasteiger partial charge in [-0.25, -0.2) is 0 Å². The van der Waals surface area contributed by atoms with E-state index in [0.29, 0.717) is 6.04 Å². The zero-order chi connectivity index (χ0) is 15.7. The van der Waals surface area contributed by atoms with Gasteiger partial charge in [0.15, 0.2) is 0 Å². The minimum absolute atomic E-state index is 0.212. The molecule has 2 aliphatic rings. The van der Waals surface area contributed by atoms with E-state index in [4.69, 9.17) is 0 Å². The quantitative estimate of drug-likeness (QED) is 0.912. The van der Waals surface area contributed by atoms with Crippen molar-refractivity contribution in [1.29, 1.82) is 0 Å².